The van der Waals surface area contributed by atoms with Crippen LogP contribution in [0.2, 0.25) is 0 Å². The van der Waals surface area contributed by atoms with Crippen LogP contribution in [0.4, 0.5) is 5.69 Å². The number of anilines is 1. The van der Waals surface area contributed by atoms with E-state index in [1.54, 1.807) is 31.4 Å². The number of carbonyl (C=O) groups is 2. The van der Waals surface area contributed by atoms with Gasteiger partial charge in [-0.2, -0.15) is 5.10 Å². The third-order valence-corrected chi connectivity index (χ3v) is 2.45. The first-order valence-corrected chi connectivity index (χ1v) is 5.86. The van der Waals surface area contributed by atoms with Crippen molar-refractivity contribution in [3.8, 4) is 5.75 Å². The van der Waals surface area contributed by atoms with Crippen LogP contribution in [0.3, 0.4) is 0 Å². The van der Waals surface area contributed by atoms with E-state index in [0.717, 1.165) is 0 Å². The molecule has 2 rings (SSSR count). The Labute approximate surface area is 115 Å². The van der Waals surface area contributed by atoms with Gasteiger partial charge >= 0.3 is 11.9 Å². The van der Waals surface area contributed by atoms with E-state index in [1.165, 1.54) is 13.8 Å². The van der Waals surface area contributed by atoms with Gasteiger partial charge in [0.2, 0.25) is 0 Å². The summed E-state index contributed by atoms with van der Waals surface area (Å²) in [7, 11) is 1.55. The number of nitrogens with one attached hydrogen (secondary N) is 1. The number of benzene rings is 1. The number of rotatable bonds is 3. The zero-order valence-electron chi connectivity index (χ0n) is 11.3. The van der Waals surface area contributed by atoms with Gasteiger partial charge in [-0.15, -0.1) is 0 Å². The molecule has 0 amide bonds. The molecule has 7 nitrogen and oxygen atoms in total. The van der Waals surface area contributed by atoms with Crippen molar-refractivity contribution in [3.63, 3.8) is 0 Å². The fourth-order valence-corrected chi connectivity index (χ4v) is 1.52. The highest BCUT2D eigenvalue weighted by molar-refractivity contribution is 6.63. The zero-order chi connectivity index (χ0) is 14.8. The third-order valence-electron chi connectivity index (χ3n) is 2.45. The first-order valence-electron chi connectivity index (χ1n) is 5.86. The summed E-state index contributed by atoms with van der Waals surface area (Å²) in [5.74, 6) is -2.24. The van der Waals surface area contributed by atoms with Crippen molar-refractivity contribution in [1.82, 2.24) is 0 Å². The highest BCUT2D eigenvalue weighted by Crippen LogP contribution is 2.19. The van der Waals surface area contributed by atoms with Crippen LogP contribution in [0.5, 0.6) is 5.75 Å². The van der Waals surface area contributed by atoms with E-state index in [-0.39, 0.29) is 0 Å². The number of hydrogen-bond acceptors (Lipinski definition) is 7. The van der Waals surface area contributed by atoms with E-state index in [2.05, 4.69) is 10.5 Å². The van der Waals surface area contributed by atoms with Crippen molar-refractivity contribution in [2.45, 2.75) is 19.6 Å². The fourth-order valence-electron chi connectivity index (χ4n) is 1.52. The van der Waals surface area contributed by atoms with Crippen molar-refractivity contribution in [2.24, 2.45) is 5.10 Å². The van der Waals surface area contributed by atoms with Crippen molar-refractivity contribution >= 4 is 23.3 Å². The monoisotopic (exact) mass is 278 g/mol. The van der Waals surface area contributed by atoms with Gasteiger partial charge in [0, 0.05) is 13.8 Å². The molecule has 1 saturated heterocycles. The number of carbonyl (C=O) groups excluding carboxylic acids is 2. The minimum absolute atomic E-state index is 0.430. The molecule has 20 heavy (non-hydrogen) atoms. The lowest BCUT2D eigenvalue weighted by atomic mass is 10.3. The van der Waals surface area contributed by atoms with E-state index >= 15 is 0 Å². The summed E-state index contributed by atoms with van der Waals surface area (Å²) < 4.78 is 14.8. The Hall–Kier alpha value is -2.57. The number of hydrazone groups is 1. The summed E-state index contributed by atoms with van der Waals surface area (Å²) in [4.78, 5) is 23.3. The Morgan fingerprint density at radius 2 is 1.65 bits per heavy atom. The Balaban J connectivity index is 2.10. The first kappa shape index (κ1) is 13.9. The van der Waals surface area contributed by atoms with Gasteiger partial charge in [-0.05, 0) is 24.3 Å². The molecule has 7 heteroatoms. The first-order chi connectivity index (χ1) is 9.41. The van der Waals surface area contributed by atoms with E-state index < -0.39 is 23.4 Å². The van der Waals surface area contributed by atoms with Crippen LogP contribution in [0.1, 0.15) is 13.8 Å². The molecule has 1 fully saturated rings. The van der Waals surface area contributed by atoms with E-state index in [4.69, 9.17) is 14.2 Å². The molecule has 0 atom stereocenters. The molecule has 0 bridgehead atoms. The Kier molecular flexibility index (Phi) is 3.60. The Bertz CT molecular complexity index is 541. The van der Waals surface area contributed by atoms with Crippen LogP contribution in [0, 0.1) is 0 Å². The lowest BCUT2D eigenvalue weighted by Crippen LogP contribution is -2.47. The van der Waals surface area contributed by atoms with Crippen LogP contribution in [-0.4, -0.2) is 30.5 Å². The van der Waals surface area contributed by atoms with Crippen LogP contribution >= 0.6 is 0 Å². The maximum atomic E-state index is 11.6. The van der Waals surface area contributed by atoms with Crippen LogP contribution in [-0.2, 0) is 19.1 Å². The summed E-state index contributed by atoms with van der Waals surface area (Å²) in [5.41, 5.74) is 2.74. The summed E-state index contributed by atoms with van der Waals surface area (Å²) in [6, 6.07) is 6.80. The SMILES string of the molecule is COc1ccc(NN=C2C(=O)OC(C)(C)OC2=O)cc1. The summed E-state index contributed by atoms with van der Waals surface area (Å²) >= 11 is 0. The molecule has 0 aromatic heterocycles. The molecule has 0 aliphatic carbocycles. The molecular formula is C13H14N2O5. The van der Waals surface area contributed by atoms with Crippen LogP contribution in [0.15, 0.2) is 29.4 Å². The molecule has 0 spiro atoms. The number of ether oxygens (including phenoxy) is 3. The Morgan fingerprint density at radius 1 is 1.10 bits per heavy atom. The van der Waals surface area contributed by atoms with Crippen molar-refractivity contribution in [3.05, 3.63) is 24.3 Å². The van der Waals surface area contributed by atoms with Gasteiger partial charge in [-0.25, -0.2) is 9.59 Å². The second kappa shape index (κ2) is 5.20. The Morgan fingerprint density at radius 3 is 2.15 bits per heavy atom. The van der Waals surface area contributed by atoms with Gasteiger partial charge in [0.1, 0.15) is 5.75 Å². The highest BCUT2D eigenvalue weighted by atomic mass is 16.7. The number of cyclic esters (lactones) is 2. The molecule has 0 unspecified atom stereocenters. The number of esters is 2. The van der Waals surface area contributed by atoms with Gasteiger partial charge in [-0.1, -0.05) is 0 Å². The standard InChI is InChI=1S/C13H14N2O5/c1-13(2)19-11(16)10(12(17)20-13)15-14-8-4-6-9(18-3)7-5-8/h4-7,14H,1-3H3. The van der Waals surface area contributed by atoms with Crippen molar-refractivity contribution in [2.75, 3.05) is 12.5 Å². The second-order valence-electron chi connectivity index (χ2n) is 4.48. The minimum atomic E-state index is -1.27. The van der Waals surface area contributed by atoms with Gasteiger partial charge in [0.05, 0.1) is 12.8 Å². The molecule has 0 saturated carbocycles. The van der Waals surface area contributed by atoms with Gasteiger partial charge in [0.15, 0.2) is 0 Å². The molecule has 106 valence electrons. The number of hydrogen-bond donors (Lipinski definition) is 1. The molecule has 1 aliphatic rings. The van der Waals surface area contributed by atoms with Crippen molar-refractivity contribution < 1.29 is 23.8 Å². The lowest BCUT2D eigenvalue weighted by molar-refractivity contribution is -0.214. The molecular weight excluding hydrogens is 264 g/mol. The van der Waals surface area contributed by atoms with Crippen LogP contribution < -0.4 is 10.2 Å². The average molecular weight is 278 g/mol. The quantitative estimate of drug-likeness (QED) is 0.662. The van der Waals surface area contributed by atoms with Gasteiger partial charge in [-0.3, -0.25) is 5.43 Å². The minimum Gasteiger partial charge on any atom is -0.497 e. The molecule has 0 radical (unpaired) electrons. The fraction of sp³-hybridized carbons (Fsp3) is 0.308. The average Bonchev–Trinajstić information content (AvgIpc) is 2.37. The maximum Gasteiger partial charge on any atom is 0.369 e. The van der Waals surface area contributed by atoms with E-state index in [9.17, 15) is 9.59 Å². The maximum absolute atomic E-state index is 11.6. The van der Waals surface area contributed by atoms with Crippen LogP contribution in [0.25, 0.3) is 0 Å². The molecule has 1 aliphatic heterocycles. The summed E-state index contributed by atoms with van der Waals surface area (Å²) in [5, 5.41) is 3.71. The lowest BCUT2D eigenvalue weighted by Gasteiger charge is -2.28. The smallest absolute Gasteiger partial charge is 0.369 e. The number of methoxy groups -OCH3 is 1. The normalized spacial score (nSPS) is 17.1. The molecule has 1 N–H and O–H groups in total. The topological polar surface area (TPSA) is 86.2 Å². The predicted molar refractivity (Wildman–Crippen MR) is 70.3 cm³/mol. The third kappa shape index (κ3) is 3.05. The molecule has 1 aromatic carbocycles. The van der Waals surface area contributed by atoms with E-state index in [1.807, 2.05) is 0 Å². The molecule has 1 heterocycles. The van der Waals surface area contributed by atoms with Crippen molar-refractivity contribution in [1.29, 1.82) is 0 Å². The number of nitrogens with zero attached hydrogens (tertiary/aromatic N) is 1. The highest BCUT2D eigenvalue weighted by Gasteiger charge is 2.40. The van der Waals surface area contributed by atoms with Gasteiger partial charge < -0.3 is 14.2 Å². The second-order valence-corrected chi connectivity index (χ2v) is 4.48. The summed E-state index contributed by atoms with van der Waals surface area (Å²) in [6.45, 7) is 2.94. The largest absolute Gasteiger partial charge is 0.497 e. The predicted octanol–water partition coefficient (Wildman–Crippen LogP) is 1.30. The zero-order valence-corrected chi connectivity index (χ0v) is 11.3. The molecule has 1 aromatic rings. The summed E-state index contributed by atoms with van der Waals surface area (Å²) in [6.07, 6.45) is 0. The van der Waals surface area contributed by atoms with Gasteiger partial charge in [0.25, 0.3) is 11.5 Å². The van der Waals surface area contributed by atoms with E-state index in [0.29, 0.717) is 11.4 Å².